The maximum atomic E-state index is 9.75. The van der Waals surface area contributed by atoms with Gasteiger partial charge in [0.2, 0.25) is 0 Å². The normalized spacial score (nSPS) is 9.38. The molecule has 0 heterocycles. The van der Waals surface area contributed by atoms with E-state index in [4.69, 9.17) is 10.2 Å². The number of carbonyl (C=O) groups is 2. The van der Waals surface area contributed by atoms with E-state index < -0.39 is 16.1 Å². The second-order valence-electron chi connectivity index (χ2n) is 0.995. The molecule has 0 aromatic carbocycles. The number of aliphatic carboxylic acids is 2. The zero-order valence-electron chi connectivity index (χ0n) is 3.59. The molecule has 0 radical (unpaired) electrons. The van der Waals surface area contributed by atoms with Crippen molar-refractivity contribution in [1.82, 2.24) is 0 Å². The topological polar surface area (TPSA) is 74.6 Å². The summed E-state index contributed by atoms with van der Waals surface area (Å²) in [6, 6.07) is 0. The molecule has 0 amide bonds. The van der Waals surface area contributed by atoms with Crippen LogP contribution < -0.4 is 0 Å². The third-order valence-corrected chi connectivity index (χ3v) is 1.47. The summed E-state index contributed by atoms with van der Waals surface area (Å²) in [6.07, 6.45) is 0. The summed E-state index contributed by atoms with van der Waals surface area (Å²) in [6.45, 7) is 0. The molecule has 4 nitrogen and oxygen atoms in total. The Balaban J connectivity index is 3.83. The van der Waals surface area contributed by atoms with E-state index in [1.165, 1.54) is 21.1 Å². The molecule has 0 aliphatic heterocycles. The predicted molar refractivity (Wildman–Crippen MR) is 19.0 cm³/mol. The first-order valence-electron chi connectivity index (χ1n) is 1.61. The standard InChI is InChI=1S/C3H3O4.Au/c4-2(5)1-3(6)7;/h1H,(H,4,5)(H,6,7);. The van der Waals surface area contributed by atoms with E-state index in [9.17, 15) is 9.59 Å². The van der Waals surface area contributed by atoms with Crippen LogP contribution in [0, 0.1) is 0 Å². The molecule has 0 saturated heterocycles. The Morgan fingerprint density at radius 3 is 1.50 bits per heavy atom. The van der Waals surface area contributed by atoms with Crippen LogP contribution in [0.4, 0.5) is 0 Å². The summed E-state index contributed by atoms with van der Waals surface area (Å²) in [5.41, 5.74) is 0. The van der Waals surface area contributed by atoms with Crippen LogP contribution in [0.25, 0.3) is 0 Å². The van der Waals surface area contributed by atoms with Crippen LogP contribution in [-0.4, -0.2) is 22.2 Å². The molecule has 2 N–H and O–H groups in total. The van der Waals surface area contributed by atoms with Crippen molar-refractivity contribution in [3.8, 4) is 0 Å². The third-order valence-electron chi connectivity index (χ3n) is 0.396. The van der Waals surface area contributed by atoms with Crippen LogP contribution in [0.3, 0.4) is 0 Å². The van der Waals surface area contributed by atoms with Gasteiger partial charge >= 0.3 is 56.9 Å². The second-order valence-corrected chi connectivity index (χ2v) is 2.25. The van der Waals surface area contributed by atoms with Gasteiger partial charge in [0.1, 0.15) is 0 Å². The molecular formula is C3H3AuO4. The first-order chi connectivity index (χ1) is 3.55. The van der Waals surface area contributed by atoms with Gasteiger partial charge in [-0.25, -0.2) is 0 Å². The molecular weight excluding hydrogens is 297 g/mol. The molecule has 0 aliphatic carbocycles. The van der Waals surface area contributed by atoms with Crippen molar-refractivity contribution >= 4 is 11.9 Å². The molecule has 0 aromatic rings. The molecule has 0 bridgehead atoms. The summed E-state index contributed by atoms with van der Waals surface area (Å²) in [4.78, 5) is 19.5. The van der Waals surface area contributed by atoms with Crippen molar-refractivity contribution in [3.05, 3.63) is 0 Å². The summed E-state index contributed by atoms with van der Waals surface area (Å²) in [7, 11) is 0. The molecule has 0 aliphatic rings. The van der Waals surface area contributed by atoms with Crippen LogP contribution in [0.2, 0.25) is 4.14 Å². The van der Waals surface area contributed by atoms with E-state index in [1.54, 1.807) is 0 Å². The van der Waals surface area contributed by atoms with E-state index in [0.717, 1.165) is 0 Å². The van der Waals surface area contributed by atoms with Crippen LogP contribution in [-0.2, 0) is 30.7 Å². The van der Waals surface area contributed by atoms with E-state index in [-0.39, 0.29) is 0 Å². The number of hydrogen-bond donors (Lipinski definition) is 2. The Bertz CT molecular complexity index is 106. The monoisotopic (exact) mass is 300 g/mol. The Morgan fingerprint density at radius 2 is 1.50 bits per heavy atom. The van der Waals surface area contributed by atoms with Crippen LogP contribution in [0.5, 0.6) is 0 Å². The Hall–Kier alpha value is -0.320. The average Bonchev–Trinajstić information content (AvgIpc) is 1.64. The fourth-order valence-electron chi connectivity index (χ4n) is 0.106. The number of rotatable bonds is 2. The van der Waals surface area contributed by atoms with Gasteiger partial charge in [-0.1, -0.05) is 0 Å². The van der Waals surface area contributed by atoms with Crippen molar-refractivity contribution in [2.45, 2.75) is 4.14 Å². The first kappa shape index (κ1) is 7.68. The van der Waals surface area contributed by atoms with Crippen molar-refractivity contribution < 1.29 is 40.9 Å². The van der Waals surface area contributed by atoms with E-state index in [1.807, 2.05) is 0 Å². The molecule has 0 rings (SSSR count). The van der Waals surface area contributed by atoms with Gasteiger partial charge in [-0.3, -0.25) is 0 Å². The van der Waals surface area contributed by atoms with Crippen LogP contribution in [0.15, 0.2) is 0 Å². The molecule has 0 aromatic heterocycles. The van der Waals surface area contributed by atoms with Crippen molar-refractivity contribution in [1.29, 1.82) is 0 Å². The molecule has 0 unspecified atom stereocenters. The molecule has 0 atom stereocenters. The summed E-state index contributed by atoms with van der Waals surface area (Å²) in [5, 5.41) is 15.9. The number of hydrogen-bond acceptors (Lipinski definition) is 2. The van der Waals surface area contributed by atoms with E-state index in [2.05, 4.69) is 0 Å². The van der Waals surface area contributed by atoms with E-state index in [0.29, 0.717) is 0 Å². The number of carboxylic acid groups (broad SMARTS) is 2. The predicted octanol–water partition coefficient (Wildman–Crippen LogP) is -0.509. The van der Waals surface area contributed by atoms with Gasteiger partial charge in [0, 0.05) is 0 Å². The minimum absolute atomic E-state index is 1.33. The molecule has 0 fully saturated rings. The average molecular weight is 300 g/mol. The van der Waals surface area contributed by atoms with Crippen molar-refractivity contribution in [3.63, 3.8) is 0 Å². The molecule has 5 heteroatoms. The summed E-state index contributed by atoms with van der Waals surface area (Å²) in [5.74, 6) is -2.67. The Morgan fingerprint density at radius 1 is 1.25 bits per heavy atom. The fourth-order valence-corrected chi connectivity index (χ4v) is 0.106. The summed E-state index contributed by atoms with van der Waals surface area (Å²) < 4.78 is -1.35. The summed E-state index contributed by atoms with van der Waals surface area (Å²) >= 11 is 1.50. The third kappa shape index (κ3) is 2.11. The number of carboxylic acids is 2. The fraction of sp³-hybridized carbons (Fsp3) is 0.333. The molecule has 8 heavy (non-hydrogen) atoms. The zero-order chi connectivity index (χ0) is 6.73. The van der Waals surface area contributed by atoms with Crippen LogP contribution >= 0.6 is 0 Å². The Labute approximate surface area is 57.4 Å². The van der Waals surface area contributed by atoms with Gasteiger partial charge < -0.3 is 0 Å². The second kappa shape index (κ2) is 2.86. The van der Waals surface area contributed by atoms with Gasteiger partial charge in [0.25, 0.3) is 0 Å². The quantitative estimate of drug-likeness (QED) is 0.532. The zero-order valence-corrected chi connectivity index (χ0v) is 5.76. The first-order valence-corrected chi connectivity index (χ1v) is 2.86. The van der Waals surface area contributed by atoms with Gasteiger partial charge in [0.15, 0.2) is 0 Å². The maximum absolute atomic E-state index is 9.75. The molecule has 0 saturated carbocycles. The van der Waals surface area contributed by atoms with Gasteiger partial charge in [-0.05, 0) is 0 Å². The van der Waals surface area contributed by atoms with Crippen LogP contribution in [0.1, 0.15) is 0 Å². The minimum atomic E-state index is -1.35. The van der Waals surface area contributed by atoms with Gasteiger partial charge in [-0.2, -0.15) is 0 Å². The van der Waals surface area contributed by atoms with E-state index >= 15 is 0 Å². The molecule has 50 valence electrons. The van der Waals surface area contributed by atoms with Gasteiger partial charge in [0.05, 0.1) is 0 Å². The SMILES string of the molecule is O=C(O)[CH]([Au])C(=O)O. The molecule has 0 spiro atoms. The van der Waals surface area contributed by atoms with Crippen molar-refractivity contribution in [2.24, 2.45) is 0 Å². The Kier molecular flexibility index (Phi) is 2.75. The van der Waals surface area contributed by atoms with Crippen molar-refractivity contribution in [2.75, 3.05) is 0 Å². The van der Waals surface area contributed by atoms with Gasteiger partial charge in [-0.15, -0.1) is 0 Å².